The molecule has 1 aromatic rings. The number of nitrogens with zero attached hydrogens (tertiary/aromatic N) is 1. The minimum absolute atomic E-state index is 0.0693. The predicted molar refractivity (Wildman–Crippen MR) is 53.2 cm³/mol. The van der Waals surface area contributed by atoms with Crippen LogP contribution >= 0.6 is 15.9 Å². The third kappa shape index (κ3) is 2.67. The summed E-state index contributed by atoms with van der Waals surface area (Å²) in [5, 5.41) is 8.55. The van der Waals surface area contributed by atoms with Gasteiger partial charge in [-0.05, 0) is 18.9 Å². The van der Waals surface area contributed by atoms with Gasteiger partial charge in [-0.3, -0.25) is 0 Å². The minimum Gasteiger partial charge on any atom is -0.197 e. The zero-order chi connectivity index (χ0) is 8.97. The highest BCUT2D eigenvalue weighted by Gasteiger charge is 2.01. The van der Waals surface area contributed by atoms with Crippen molar-refractivity contribution in [2.24, 2.45) is 0 Å². The summed E-state index contributed by atoms with van der Waals surface area (Å²) in [4.78, 5) is -0.0693. The Bertz CT molecular complexity index is 284. The van der Waals surface area contributed by atoms with E-state index in [0.29, 0.717) is 0 Å². The highest BCUT2D eigenvalue weighted by molar-refractivity contribution is 9.09. The monoisotopic (exact) mass is 223 g/mol. The molecule has 0 aromatic heterocycles. The van der Waals surface area contributed by atoms with Crippen LogP contribution in [0.25, 0.3) is 0 Å². The maximum atomic E-state index is 8.55. The molecule has 12 heavy (non-hydrogen) atoms. The van der Waals surface area contributed by atoms with Crippen LogP contribution in [0.4, 0.5) is 0 Å². The van der Waals surface area contributed by atoms with Crippen molar-refractivity contribution in [3.8, 4) is 6.07 Å². The lowest BCUT2D eigenvalue weighted by Crippen LogP contribution is -1.98. The number of aryl methyl sites for hydroxylation is 1. The summed E-state index contributed by atoms with van der Waals surface area (Å²) in [6.07, 6.45) is 0.775. The molecule has 62 valence electrons. The molecule has 0 spiro atoms. The number of hydrogen-bond acceptors (Lipinski definition) is 1. The molecule has 0 aliphatic rings. The number of nitriles is 1. The molecule has 0 N–H and O–H groups in total. The standard InChI is InChI=1S/C10H10BrN/c1-8-2-4-9(5-3-8)6-10(11)7-12/h2-5,10H,6H2,1H3/t10-/m1/s1. The van der Waals surface area contributed by atoms with Crippen LogP contribution in [0.2, 0.25) is 0 Å². The summed E-state index contributed by atoms with van der Waals surface area (Å²) in [7, 11) is 0. The highest BCUT2D eigenvalue weighted by atomic mass is 79.9. The molecular formula is C10H10BrN. The molecule has 1 aromatic carbocycles. The van der Waals surface area contributed by atoms with Gasteiger partial charge >= 0.3 is 0 Å². The van der Waals surface area contributed by atoms with Gasteiger partial charge in [0.05, 0.1) is 6.07 Å². The van der Waals surface area contributed by atoms with Gasteiger partial charge in [0.25, 0.3) is 0 Å². The van der Waals surface area contributed by atoms with Crippen LogP contribution in [0.5, 0.6) is 0 Å². The van der Waals surface area contributed by atoms with Crippen LogP contribution < -0.4 is 0 Å². The van der Waals surface area contributed by atoms with Gasteiger partial charge in [0.2, 0.25) is 0 Å². The summed E-state index contributed by atoms with van der Waals surface area (Å²) in [6.45, 7) is 2.06. The lowest BCUT2D eigenvalue weighted by atomic mass is 10.1. The molecule has 0 amide bonds. The third-order valence-corrected chi connectivity index (χ3v) is 2.20. The lowest BCUT2D eigenvalue weighted by molar-refractivity contribution is 1.04. The van der Waals surface area contributed by atoms with Crippen molar-refractivity contribution in [2.45, 2.75) is 18.2 Å². The summed E-state index contributed by atoms with van der Waals surface area (Å²) in [6, 6.07) is 10.4. The molecule has 1 atom stereocenters. The van der Waals surface area contributed by atoms with Gasteiger partial charge in [0.15, 0.2) is 0 Å². The number of alkyl halides is 1. The van der Waals surface area contributed by atoms with Crippen molar-refractivity contribution < 1.29 is 0 Å². The van der Waals surface area contributed by atoms with Crippen molar-refractivity contribution in [2.75, 3.05) is 0 Å². The second kappa shape index (κ2) is 4.27. The topological polar surface area (TPSA) is 23.8 Å². The van der Waals surface area contributed by atoms with Gasteiger partial charge in [-0.2, -0.15) is 5.26 Å². The minimum atomic E-state index is -0.0693. The molecule has 0 saturated heterocycles. The summed E-state index contributed by atoms with van der Waals surface area (Å²) in [5.74, 6) is 0. The fourth-order valence-corrected chi connectivity index (χ4v) is 1.35. The Morgan fingerprint density at radius 1 is 1.42 bits per heavy atom. The van der Waals surface area contributed by atoms with Crippen molar-refractivity contribution in [3.63, 3.8) is 0 Å². The van der Waals surface area contributed by atoms with Crippen molar-refractivity contribution >= 4 is 15.9 Å². The Labute approximate surface area is 81.2 Å². The first-order valence-electron chi connectivity index (χ1n) is 3.81. The molecule has 1 rings (SSSR count). The van der Waals surface area contributed by atoms with E-state index in [1.54, 1.807) is 0 Å². The summed E-state index contributed by atoms with van der Waals surface area (Å²) >= 11 is 3.27. The Morgan fingerprint density at radius 3 is 2.50 bits per heavy atom. The molecule has 0 heterocycles. The summed E-state index contributed by atoms with van der Waals surface area (Å²) in [5.41, 5.74) is 2.45. The van der Waals surface area contributed by atoms with Crippen LogP contribution in [0, 0.1) is 18.3 Å². The first-order chi connectivity index (χ1) is 5.72. The first kappa shape index (κ1) is 9.28. The number of rotatable bonds is 2. The number of hydrogen-bond donors (Lipinski definition) is 0. The average molecular weight is 224 g/mol. The van der Waals surface area contributed by atoms with Crippen LogP contribution in [-0.4, -0.2) is 4.83 Å². The SMILES string of the molecule is Cc1ccc(C[C@@H](Br)C#N)cc1. The van der Waals surface area contributed by atoms with E-state index in [1.165, 1.54) is 11.1 Å². The Balaban J connectivity index is 2.66. The second-order valence-corrected chi connectivity index (χ2v) is 3.89. The van der Waals surface area contributed by atoms with Crippen LogP contribution in [0.1, 0.15) is 11.1 Å². The maximum absolute atomic E-state index is 8.55. The van der Waals surface area contributed by atoms with Crippen molar-refractivity contribution in [1.29, 1.82) is 5.26 Å². The Hall–Kier alpha value is -0.810. The van der Waals surface area contributed by atoms with Crippen LogP contribution in [-0.2, 0) is 6.42 Å². The molecule has 0 fully saturated rings. The maximum Gasteiger partial charge on any atom is 0.105 e. The molecule has 0 radical (unpaired) electrons. The van der Waals surface area contributed by atoms with E-state index in [4.69, 9.17) is 5.26 Å². The van der Waals surface area contributed by atoms with E-state index in [2.05, 4.69) is 53.2 Å². The molecule has 0 saturated carbocycles. The molecular weight excluding hydrogens is 214 g/mol. The first-order valence-corrected chi connectivity index (χ1v) is 4.73. The second-order valence-electron chi connectivity index (χ2n) is 2.79. The van der Waals surface area contributed by atoms with E-state index in [0.717, 1.165) is 6.42 Å². The van der Waals surface area contributed by atoms with E-state index >= 15 is 0 Å². The van der Waals surface area contributed by atoms with Gasteiger partial charge in [-0.15, -0.1) is 0 Å². The van der Waals surface area contributed by atoms with Crippen LogP contribution in [0.3, 0.4) is 0 Å². The van der Waals surface area contributed by atoms with Crippen LogP contribution in [0.15, 0.2) is 24.3 Å². The van der Waals surface area contributed by atoms with E-state index in [9.17, 15) is 0 Å². The van der Waals surface area contributed by atoms with Gasteiger partial charge in [0, 0.05) is 0 Å². The van der Waals surface area contributed by atoms with Gasteiger partial charge in [-0.25, -0.2) is 0 Å². The summed E-state index contributed by atoms with van der Waals surface area (Å²) < 4.78 is 0. The normalized spacial score (nSPS) is 12.1. The fraction of sp³-hybridized carbons (Fsp3) is 0.300. The largest absolute Gasteiger partial charge is 0.197 e. The quantitative estimate of drug-likeness (QED) is 0.708. The lowest BCUT2D eigenvalue weighted by Gasteiger charge is -2.01. The zero-order valence-electron chi connectivity index (χ0n) is 6.92. The molecule has 2 heteroatoms. The van der Waals surface area contributed by atoms with E-state index in [1.807, 2.05) is 0 Å². The number of benzene rings is 1. The van der Waals surface area contributed by atoms with E-state index < -0.39 is 0 Å². The molecule has 0 bridgehead atoms. The van der Waals surface area contributed by atoms with Gasteiger partial charge in [-0.1, -0.05) is 45.8 Å². The van der Waals surface area contributed by atoms with E-state index in [-0.39, 0.29) is 4.83 Å². The average Bonchev–Trinajstić information content (AvgIpc) is 2.09. The smallest absolute Gasteiger partial charge is 0.105 e. The Kier molecular flexibility index (Phi) is 3.31. The molecule has 1 nitrogen and oxygen atoms in total. The third-order valence-electron chi connectivity index (χ3n) is 1.68. The van der Waals surface area contributed by atoms with Crippen molar-refractivity contribution in [1.82, 2.24) is 0 Å². The predicted octanol–water partition coefficient (Wildman–Crippen LogP) is 2.82. The molecule has 0 aliphatic heterocycles. The fourth-order valence-electron chi connectivity index (χ4n) is 0.977. The molecule has 0 unspecified atom stereocenters. The van der Waals surface area contributed by atoms with Gasteiger partial charge < -0.3 is 0 Å². The zero-order valence-corrected chi connectivity index (χ0v) is 8.51. The van der Waals surface area contributed by atoms with Gasteiger partial charge in [0.1, 0.15) is 4.83 Å². The molecule has 0 aliphatic carbocycles. The Morgan fingerprint density at radius 2 is 2.00 bits per heavy atom. The van der Waals surface area contributed by atoms with Crippen molar-refractivity contribution in [3.05, 3.63) is 35.4 Å². The number of halogens is 1. The highest BCUT2D eigenvalue weighted by Crippen LogP contribution is 2.10.